The average Bonchev–Trinajstić information content (AvgIpc) is 2.35. The Balaban J connectivity index is 2.68. The highest BCUT2D eigenvalue weighted by molar-refractivity contribution is 5.93. The summed E-state index contributed by atoms with van der Waals surface area (Å²) in [5.41, 5.74) is -1.36. The number of pyridine rings is 1. The Morgan fingerprint density at radius 3 is 2.83 bits per heavy atom. The van der Waals surface area contributed by atoms with Crippen LogP contribution in [0.3, 0.4) is 0 Å². The molecule has 0 aliphatic heterocycles. The van der Waals surface area contributed by atoms with E-state index in [-0.39, 0.29) is 18.0 Å². The second-order valence-corrected chi connectivity index (χ2v) is 4.76. The Labute approximate surface area is 106 Å². The van der Waals surface area contributed by atoms with Crippen LogP contribution in [0.1, 0.15) is 37.6 Å². The predicted octanol–water partition coefficient (Wildman–Crippen LogP) is 0.902. The van der Waals surface area contributed by atoms with Crippen molar-refractivity contribution >= 4 is 5.91 Å². The lowest BCUT2D eigenvalue weighted by atomic mass is 9.88. The van der Waals surface area contributed by atoms with Crippen molar-refractivity contribution in [2.75, 3.05) is 6.54 Å². The van der Waals surface area contributed by atoms with E-state index in [2.05, 4.69) is 10.3 Å². The number of amides is 1. The molecule has 2 unspecified atom stereocenters. The van der Waals surface area contributed by atoms with Gasteiger partial charge in [-0.15, -0.1) is 0 Å². The summed E-state index contributed by atoms with van der Waals surface area (Å²) in [7, 11) is 0. The molecule has 0 fully saturated rings. The highest BCUT2D eigenvalue weighted by Gasteiger charge is 2.27. The zero-order chi connectivity index (χ0) is 13.8. The summed E-state index contributed by atoms with van der Waals surface area (Å²) < 4.78 is 0. The SMILES string of the molecule is CCC(C)C(C)(O)CNC(=O)c1ccc[nH]c1=O. The minimum absolute atomic E-state index is 0.0532. The monoisotopic (exact) mass is 252 g/mol. The lowest BCUT2D eigenvalue weighted by Gasteiger charge is -2.29. The first-order valence-corrected chi connectivity index (χ1v) is 6.06. The van der Waals surface area contributed by atoms with Crippen molar-refractivity contribution in [3.63, 3.8) is 0 Å². The van der Waals surface area contributed by atoms with E-state index in [4.69, 9.17) is 0 Å². The van der Waals surface area contributed by atoms with Gasteiger partial charge in [-0.2, -0.15) is 0 Å². The van der Waals surface area contributed by atoms with Crippen LogP contribution < -0.4 is 10.9 Å². The van der Waals surface area contributed by atoms with E-state index in [1.54, 1.807) is 13.0 Å². The fraction of sp³-hybridized carbons (Fsp3) is 0.538. The van der Waals surface area contributed by atoms with Crippen LogP contribution in [0.5, 0.6) is 0 Å². The molecule has 1 aromatic rings. The third-order valence-corrected chi connectivity index (χ3v) is 3.34. The number of carbonyl (C=O) groups is 1. The lowest BCUT2D eigenvalue weighted by Crippen LogP contribution is -2.45. The molecular formula is C13H20N2O3. The fourth-order valence-electron chi connectivity index (χ4n) is 1.57. The maximum absolute atomic E-state index is 11.8. The molecule has 0 bridgehead atoms. The van der Waals surface area contributed by atoms with Crippen molar-refractivity contribution in [1.82, 2.24) is 10.3 Å². The maximum atomic E-state index is 11.8. The molecule has 0 radical (unpaired) electrons. The van der Waals surface area contributed by atoms with Gasteiger partial charge < -0.3 is 15.4 Å². The first kappa shape index (κ1) is 14.4. The quantitative estimate of drug-likeness (QED) is 0.728. The van der Waals surface area contributed by atoms with Gasteiger partial charge in [0.25, 0.3) is 11.5 Å². The van der Waals surface area contributed by atoms with E-state index >= 15 is 0 Å². The smallest absolute Gasteiger partial charge is 0.260 e. The van der Waals surface area contributed by atoms with Crippen molar-refractivity contribution < 1.29 is 9.90 Å². The van der Waals surface area contributed by atoms with Gasteiger partial charge in [0, 0.05) is 12.7 Å². The summed E-state index contributed by atoms with van der Waals surface area (Å²) >= 11 is 0. The molecule has 1 heterocycles. The molecule has 0 aliphatic rings. The van der Waals surface area contributed by atoms with E-state index in [9.17, 15) is 14.7 Å². The third kappa shape index (κ3) is 3.43. The normalized spacial score (nSPS) is 15.8. The highest BCUT2D eigenvalue weighted by atomic mass is 16.3. The second kappa shape index (κ2) is 5.82. The van der Waals surface area contributed by atoms with E-state index in [0.29, 0.717) is 0 Å². The van der Waals surface area contributed by atoms with E-state index in [0.717, 1.165) is 6.42 Å². The Hall–Kier alpha value is -1.62. The predicted molar refractivity (Wildman–Crippen MR) is 69.5 cm³/mol. The molecule has 2 atom stereocenters. The average molecular weight is 252 g/mol. The topological polar surface area (TPSA) is 82.2 Å². The van der Waals surface area contributed by atoms with Gasteiger partial charge in [-0.3, -0.25) is 9.59 Å². The minimum Gasteiger partial charge on any atom is -0.388 e. The maximum Gasteiger partial charge on any atom is 0.260 e. The van der Waals surface area contributed by atoms with E-state index in [1.165, 1.54) is 12.3 Å². The van der Waals surface area contributed by atoms with Gasteiger partial charge >= 0.3 is 0 Å². The highest BCUT2D eigenvalue weighted by Crippen LogP contribution is 2.18. The van der Waals surface area contributed by atoms with Crippen molar-refractivity contribution in [3.8, 4) is 0 Å². The molecule has 0 aliphatic carbocycles. The number of hydrogen-bond donors (Lipinski definition) is 3. The molecule has 3 N–H and O–H groups in total. The fourth-order valence-corrected chi connectivity index (χ4v) is 1.57. The van der Waals surface area contributed by atoms with Gasteiger partial charge in [0.1, 0.15) is 5.56 Å². The lowest BCUT2D eigenvalue weighted by molar-refractivity contribution is 0.00591. The summed E-state index contributed by atoms with van der Waals surface area (Å²) in [6, 6.07) is 3.04. The van der Waals surface area contributed by atoms with Crippen molar-refractivity contribution in [2.24, 2.45) is 5.92 Å². The molecule has 0 saturated carbocycles. The van der Waals surface area contributed by atoms with Gasteiger partial charge in [-0.1, -0.05) is 20.3 Å². The molecule has 5 nitrogen and oxygen atoms in total. The Morgan fingerprint density at radius 2 is 2.28 bits per heavy atom. The van der Waals surface area contributed by atoms with Crippen LogP contribution in [0.4, 0.5) is 0 Å². The number of rotatable bonds is 5. The Kier molecular flexibility index (Phi) is 4.67. The van der Waals surface area contributed by atoms with Gasteiger partial charge in [-0.05, 0) is 25.0 Å². The third-order valence-electron chi connectivity index (χ3n) is 3.34. The molecule has 0 spiro atoms. The first-order valence-electron chi connectivity index (χ1n) is 6.06. The Bertz CT molecular complexity index is 465. The molecule has 1 rings (SSSR count). The number of aromatic amines is 1. The summed E-state index contributed by atoms with van der Waals surface area (Å²) in [5, 5.41) is 12.7. The number of nitrogens with one attached hydrogen (secondary N) is 2. The number of hydrogen-bond acceptors (Lipinski definition) is 3. The zero-order valence-electron chi connectivity index (χ0n) is 11.0. The van der Waals surface area contributed by atoms with Crippen molar-refractivity contribution in [2.45, 2.75) is 32.8 Å². The van der Waals surface area contributed by atoms with Crippen LogP contribution in [0.25, 0.3) is 0 Å². The van der Waals surface area contributed by atoms with Gasteiger partial charge in [-0.25, -0.2) is 0 Å². The number of aromatic nitrogens is 1. The molecule has 5 heteroatoms. The summed E-state index contributed by atoms with van der Waals surface area (Å²) in [4.78, 5) is 25.6. The second-order valence-electron chi connectivity index (χ2n) is 4.76. The van der Waals surface area contributed by atoms with E-state index in [1.807, 2.05) is 13.8 Å². The summed E-state index contributed by atoms with van der Waals surface area (Å²) in [5.74, 6) is -0.410. The first-order chi connectivity index (χ1) is 8.38. The zero-order valence-corrected chi connectivity index (χ0v) is 11.0. The minimum atomic E-state index is -0.980. The molecule has 18 heavy (non-hydrogen) atoms. The van der Waals surface area contributed by atoms with Crippen LogP contribution >= 0.6 is 0 Å². The molecule has 1 aromatic heterocycles. The molecule has 0 saturated heterocycles. The van der Waals surface area contributed by atoms with Crippen molar-refractivity contribution in [1.29, 1.82) is 0 Å². The van der Waals surface area contributed by atoms with Gasteiger partial charge in [0.2, 0.25) is 0 Å². The van der Waals surface area contributed by atoms with Crippen LogP contribution in [0.15, 0.2) is 23.1 Å². The number of carbonyl (C=O) groups excluding carboxylic acids is 1. The molecular weight excluding hydrogens is 232 g/mol. The molecule has 1 amide bonds. The van der Waals surface area contributed by atoms with Gasteiger partial charge in [0.05, 0.1) is 5.60 Å². The van der Waals surface area contributed by atoms with Crippen LogP contribution in [0.2, 0.25) is 0 Å². The number of H-pyrrole nitrogens is 1. The Morgan fingerprint density at radius 1 is 1.61 bits per heavy atom. The summed E-state index contributed by atoms with van der Waals surface area (Å²) in [6.07, 6.45) is 2.28. The van der Waals surface area contributed by atoms with Crippen LogP contribution in [-0.4, -0.2) is 28.1 Å². The van der Waals surface area contributed by atoms with E-state index < -0.39 is 17.1 Å². The summed E-state index contributed by atoms with van der Waals surface area (Å²) in [6.45, 7) is 5.69. The largest absolute Gasteiger partial charge is 0.388 e. The molecule has 100 valence electrons. The van der Waals surface area contributed by atoms with Crippen LogP contribution in [-0.2, 0) is 0 Å². The standard InChI is InChI=1S/C13H20N2O3/c1-4-9(2)13(3,18)8-15-12(17)10-6-5-7-14-11(10)16/h5-7,9,18H,4,8H2,1-3H3,(H,14,16)(H,15,17). The van der Waals surface area contributed by atoms with Crippen molar-refractivity contribution in [3.05, 3.63) is 34.2 Å². The number of aliphatic hydroxyl groups is 1. The van der Waals surface area contributed by atoms with Crippen LogP contribution in [0, 0.1) is 5.92 Å². The molecule has 0 aromatic carbocycles. The van der Waals surface area contributed by atoms with Gasteiger partial charge in [0.15, 0.2) is 0 Å².